The average Bonchev–Trinajstić information content (AvgIpc) is 3.54. The first-order valence-corrected chi connectivity index (χ1v) is 10.5. The highest BCUT2D eigenvalue weighted by Gasteiger charge is 2.36. The van der Waals surface area contributed by atoms with E-state index < -0.39 is 11.8 Å². The van der Waals surface area contributed by atoms with E-state index in [-0.39, 0.29) is 5.91 Å². The zero-order valence-corrected chi connectivity index (χ0v) is 17.8. The summed E-state index contributed by atoms with van der Waals surface area (Å²) in [6.07, 6.45) is 7.03. The van der Waals surface area contributed by atoms with E-state index in [9.17, 15) is 14.4 Å². The summed E-state index contributed by atoms with van der Waals surface area (Å²) < 4.78 is 3.55. The number of fused-ring (bicyclic) bond motifs is 1. The molecule has 9 heteroatoms. The summed E-state index contributed by atoms with van der Waals surface area (Å²) in [6, 6.07) is 13.1. The minimum absolute atomic E-state index is 0.320. The lowest BCUT2D eigenvalue weighted by Gasteiger charge is -2.15. The maximum absolute atomic E-state index is 12.8. The number of aryl methyl sites for hydroxylation is 1. The Balaban J connectivity index is 1.31. The quantitative estimate of drug-likeness (QED) is 0.464. The van der Waals surface area contributed by atoms with Crippen LogP contribution >= 0.6 is 0 Å². The molecule has 164 valence electrons. The number of nitrogens with one attached hydrogen (secondary N) is 1. The molecular formula is C24H20N6O3. The van der Waals surface area contributed by atoms with Crippen LogP contribution in [0, 0.1) is 0 Å². The zero-order chi connectivity index (χ0) is 22.9. The van der Waals surface area contributed by atoms with Crippen LogP contribution in [0.2, 0.25) is 0 Å². The number of hydrogen-bond donors (Lipinski definition) is 1. The molecule has 1 N–H and O–H groups in total. The molecule has 33 heavy (non-hydrogen) atoms. The first-order valence-electron chi connectivity index (χ1n) is 10.5. The van der Waals surface area contributed by atoms with Gasteiger partial charge in [-0.25, -0.2) is 4.90 Å². The van der Waals surface area contributed by atoms with Crippen molar-refractivity contribution in [3.05, 3.63) is 95.6 Å². The van der Waals surface area contributed by atoms with Crippen LogP contribution in [0.3, 0.4) is 0 Å². The molecule has 3 amide bonds. The van der Waals surface area contributed by atoms with Crippen molar-refractivity contribution in [3.63, 3.8) is 0 Å². The zero-order valence-electron chi connectivity index (χ0n) is 17.8. The van der Waals surface area contributed by atoms with E-state index in [0.29, 0.717) is 34.6 Å². The van der Waals surface area contributed by atoms with Crippen LogP contribution in [0.1, 0.15) is 43.6 Å². The number of rotatable bonds is 6. The van der Waals surface area contributed by atoms with E-state index in [1.54, 1.807) is 65.7 Å². The standard InChI is InChI=1S/C24H20N6O3/c1-2-28-13-16(11-25-28)14-29-15-18(12-26-29)27-22(31)17-6-5-7-19(10-17)30-23(32)20-8-3-4-9-21(20)24(30)33/h3-13,15H,2,14H2,1H3,(H,27,31). The van der Waals surface area contributed by atoms with Crippen molar-refractivity contribution in [1.82, 2.24) is 19.6 Å². The van der Waals surface area contributed by atoms with E-state index >= 15 is 0 Å². The highest BCUT2D eigenvalue weighted by atomic mass is 16.2. The lowest BCUT2D eigenvalue weighted by Crippen LogP contribution is -2.29. The normalized spacial score (nSPS) is 12.8. The molecular weight excluding hydrogens is 420 g/mol. The predicted molar refractivity (Wildman–Crippen MR) is 121 cm³/mol. The molecule has 0 unspecified atom stereocenters. The molecule has 3 heterocycles. The lowest BCUT2D eigenvalue weighted by molar-refractivity contribution is 0.0924. The van der Waals surface area contributed by atoms with Crippen molar-refractivity contribution in [2.24, 2.45) is 0 Å². The van der Waals surface area contributed by atoms with Crippen LogP contribution in [-0.4, -0.2) is 37.3 Å². The number of anilines is 2. The Labute approximate surface area is 189 Å². The maximum atomic E-state index is 12.8. The highest BCUT2D eigenvalue weighted by Crippen LogP contribution is 2.28. The van der Waals surface area contributed by atoms with E-state index in [2.05, 4.69) is 15.5 Å². The van der Waals surface area contributed by atoms with Gasteiger partial charge in [-0.2, -0.15) is 10.2 Å². The third kappa shape index (κ3) is 3.80. The Morgan fingerprint density at radius 1 is 0.909 bits per heavy atom. The summed E-state index contributed by atoms with van der Waals surface area (Å²) in [6.45, 7) is 3.34. The SMILES string of the molecule is CCn1cc(Cn2cc(NC(=O)c3cccc(N4C(=O)c5ccccc5C4=O)c3)cn2)cn1. The number of amides is 3. The Morgan fingerprint density at radius 3 is 2.33 bits per heavy atom. The van der Waals surface area contributed by atoms with Crippen molar-refractivity contribution in [2.75, 3.05) is 10.2 Å². The second kappa shape index (κ2) is 8.19. The first-order chi connectivity index (χ1) is 16.0. The van der Waals surface area contributed by atoms with Gasteiger partial charge >= 0.3 is 0 Å². The van der Waals surface area contributed by atoms with Crippen LogP contribution < -0.4 is 10.2 Å². The lowest BCUT2D eigenvalue weighted by atomic mass is 10.1. The Bertz CT molecular complexity index is 1350. The first kappa shape index (κ1) is 20.4. The number of benzene rings is 2. The molecule has 9 nitrogen and oxygen atoms in total. The third-order valence-electron chi connectivity index (χ3n) is 5.41. The summed E-state index contributed by atoms with van der Waals surface area (Å²) in [5.74, 6) is -1.17. The monoisotopic (exact) mass is 440 g/mol. The van der Waals surface area contributed by atoms with Gasteiger partial charge in [0, 0.05) is 30.1 Å². The summed E-state index contributed by atoms with van der Waals surface area (Å²) in [4.78, 5) is 39.4. The molecule has 0 atom stereocenters. The fourth-order valence-electron chi connectivity index (χ4n) is 3.78. The number of hydrogen-bond acceptors (Lipinski definition) is 5. The molecule has 2 aromatic carbocycles. The van der Waals surface area contributed by atoms with Gasteiger partial charge in [0.25, 0.3) is 17.7 Å². The van der Waals surface area contributed by atoms with Gasteiger partial charge in [0.1, 0.15) is 0 Å². The van der Waals surface area contributed by atoms with Crippen LogP contribution in [0.4, 0.5) is 11.4 Å². The second-order valence-corrected chi connectivity index (χ2v) is 7.63. The second-order valence-electron chi connectivity index (χ2n) is 7.63. The molecule has 0 aliphatic carbocycles. The van der Waals surface area contributed by atoms with Gasteiger partial charge in [0.05, 0.1) is 41.4 Å². The maximum Gasteiger partial charge on any atom is 0.266 e. The molecule has 2 aromatic heterocycles. The van der Waals surface area contributed by atoms with Crippen molar-refractivity contribution < 1.29 is 14.4 Å². The van der Waals surface area contributed by atoms with Crippen LogP contribution in [0.25, 0.3) is 0 Å². The Hall–Kier alpha value is -4.53. The molecule has 0 spiro atoms. The summed E-state index contributed by atoms with van der Waals surface area (Å²) in [5.41, 5.74) is 2.92. The van der Waals surface area contributed by atoms with Gasteiger partial charge in [0.2, 0.25) is 0 Å². The van der Waals surface area contributed by atoms with Gasteiger partial charge in [-0.15, -0.1) is 0 Å². The minimum Gasteiger partial charge on any atom is -0.319 e. The number of imide groups is 1. The Kier molecular flexibility index (Phi) is 5.06. The smallest absolute Gasteiger partial charge is 0.266 e. The average molecular weight is 440 g/mol. The summed E-state index contributed by atoms with van der Waals surface area (Å²) in [7, 11) is 0. The highest BCUT2D eigenvalue weighted by molar-refractivity contribution is 6.34. The van der Waals surface area contributed by atoms with Gasteiger partial charge in [-0.3, -0.25) is 23.7 Å². The summed E-state index contributed by atoms with van der Waals surface area (Å²) >= 11 is 0. The molecule has 1 aliphatic rings. The largest absolute Gasteiger partial charge is 0.319 e. The molecule has 5 rings (SSSR count). The molecule has 0 saturated carbocycles. The van der Waals surface area contributed by atoms with Crippen molar-refractivity contribution in [2.45, 2.75) is 20.0 Å². The molecule has 4 aromatic rings. The topological polar surface area (TPSA) is 102 Å². The molecule has 1 aliphatic heterocycles. The van der Waals surface area contributed by atoms with Crippen molar-refractivity contribution in [3.8, 4) is 0 Å². The van der Waals surface area contributed by atoms with Crippen LogP contribution in [0.15, 0.2) is 73.3 Å². The molecule has 0 bridgehead atoms. The van der Waals surface area contributed by atoms with Gasteiger partial charge < -0.3 is 5.32 Å². The van der Waals surface area contributed by atoms with E-state index in [1.165, 1.54) is 6.07 Å². The molecule has 0 saturated heterocycles. The van der Waals surface area contributed by atoms with Crippen LogP contribution in [0.5, 0.6) is 0 Å². The number of nitrogens with zero attached hydrogens (tertiary/aromatic N) is 5. The van der Waals surface area contributed by atoms with Crippen molar-refractivity contribution in [1.29, 1.82) is 0 Å². The van der Waals surface area contributed by atoms with Gasteiger partial charge in [-0.1, -0.05) is 18.2 Å². The van der Waals surface area contributed by atoms with Crippen LogP contribution in [-0.2, 0) is 13.1 Å². The molecule has 0 radical (unpaired) electrons. The fraction of sp³-hybridized carbons (Fsp3) is 0.125. The van der Waals surface area contributed by atoms with E-state index in [4.69, 9.17) is 0 Å². The Morgan fingerprint density at radius 2 is 1.64 bits per heavy atom. The predicted octanol–water partition coefficient (Wildman–Crippen LogP) is 3.20. The fourth-order valence-corrected chi connectivity index (χ4v) is 3.78. The van der Waals surface area contributed by atoms with Crippen molar-refractivity contribution >= 4 is 29.1 Å². The number of carbonyl (C=O) groups is 3. The molecule has 0 fully saturated rings. The number of aromatic nitrogens is 4. The summed E-state index contributed by atoms with van der Waals surface area (Å²) in [5, 5.41) is 11.3. The third-order valence-corrected chi connectivity index (χ3v) is 5.41. The van der Waals surface area contributed by atoms with E-state index in [0.717, 1.165) is 17.0 Å². The number of carbonyl (C=O) groups excluding carboxylic acids is 3. The van der Waals surface area contributed by atoms with Gasteiger partial charge in [0.15, 0.2) is 0 Å². The minimum atomic E-state index is -0.402. The van der Waals surface area contributed by atoms with E-state index in [1.807, 2.05) is 17.8 Å². The van der Waals surface area contributed by atoms with Gasteiger partial charge in [-0.05, 0) is 37.3 Å².